The molecule has 0 spiro atoms. The summed E-state index contributed by atoms with van der Waals surface area (Å²) in [6.07, 6.45) is 0. The molecule has 0 atom stereocenters. The molecule has 0 fully saturated rings. The van der Waals surface area contributed by atoms with E-state index in [-0.39, 0.29) is 12.5 Å². The van der Waals surface area contributed by atoms with Gasteiger partial charge in [-0.1, -0.05) is 35.9 Å². The maximum atomic E-state index is 12.6. The summed E-state index contributed by atoms with van der Waals surface area (Å²) in [5.74, 6) is 1.93. The van der Waals surface area contributed by atoms with Gasteiger partial charge in [-0.15, -0.1) is 0 Å². The summed E-state index contributed by atoms with van der Waals surface area (Å²) in [4.78, 5) is 12.6. The third-order valence-electron chi connectivity index (χ3n) is 4.55. The number of hydrogen-bond donors (Lipinski definition) is 1. The highest BCUT2D eigenvalue weighted by molar-refractivity contribution is 5.94. The molecule has 0 saturated carbocycles. The van der Waals surface area contributed by atoms with Crippen molar-refractivity contribution < 1.29 is 19.0 Å². The summed E-state index contributed by atoms with van der Waals surface area (Å²) in [5, 5.41) is 2.95. The van der Waals surface area contributed by atoms with Gasteiger partial charge in [0.15, 0.2) is 0 Å². The molecule has 1 N–H and O–H groups in total. The number of carbonyl (C=O) groups is 1. The van der Waals surface area contributed by atoms with Crippen LogP contribution in [0.3, 0.4) is 0 Å². The number of amides is 1. The average Bonchev–Trinajstić information content (AvgIpc) is 2.77. The van der Waals surface area contributed by atoms with E-state index in [0.29, 0.717) is 23.6 Å². The molecule has 3 aromatic rings. The van der Waals surface area contributed by atoms with E-state index in [4.69, 9.17) is 14.2 Å². The molecule has 0 unspecified atom stereocenters. The van der Waals surface area contributed by atoms with E-state index in [1.807, 2.05) is 55.5 Å². The van der Waals surface area contributed by atoms with Crippen molar-refractivity contribution in [3.63, 3.8) is 0 Å². The van der Waals surface area contributed by atoms with E-state index in [2.05, 4.69) is 5.32 Å². The molecule has 3 aromatic carbocycles. The molecule has 5 nitrogen and oxygen atoms in total. The predicted octanol–water partition coefficient (Wildman–Crippen LogP) is 4.52. The van der Waals surface area contributed by atoms with Gasteiger partial charge in [-0.05, 0) is 42.8 Å². The van der Waals surface area contributed by atoms with Crippen molar-refractivity contribution in [1.29, 1.82) is 0 Å². The van der Waals surface area contributed by atoms with Gasteiger partial charge in [-0.3, -0.25) is 4.79 Å². The van der Waals surface area contributed by atoms with Crippen molar-refractivity contribution in [2.75, 3.05) is 14.2 Å². The van der Waals surface area contributed by atoms with Gasteiger partial charge in [0, 0.05) is 23.7 Å². The van der Waals surface area contributed by atoms with Gasteiger partial charge >= 0.3 is 0 Å². The molecule has 3 rings (SSSR count). The molecule has 0 aliphatic rings. The SMILES string of the molecule is COc1cccc(OCc2cc(C(=O)NCc3ccc(C)cc3)ccc2OC)c1. The number of nitrogens with one attached hydrogen (secondary N) is 1. The normalized spacial score (nSPS) is 10.3. The molecule has 5 heteroatoms. The topological polar surface area (TPSA) is 56.8 Å². The molecule has 0 heterocycles. The van der Waals surface area contributed by atoms with Crippen molar-refractivity contribution in [3.8, 4) is 17.2 Å². The van der Waals surface area contributed by atoms with Crippen molar-refractivity contribution in [2.45, 2.75) is 20.1 Å². The van der Waals surface area contributed by atoms with Crippen LogP contribution in [0, 0.1) is 6.92 Å². The standard InChI is InChI=1S/C24H25NO4/c1-17-7-9-18(10-8-17)15-25-24(26)19-11-12-23(28-3)20(13-19)16-29-22-6-4-5-21(14-22)27-2/h4-14H,15-16H2,1-3H3,(H,25,26). The lowest BCUT2D eigenvalue weighted by molar-refractivity contribution is 0.0950. The van der Waals surface area contributed by atoms with Crippen molar-refractivity contribution >= 4 is 5.91 Å². The van der Waals surface area contributed by atoms with E-state index in [0.717, 1.165) is 16.9 Å². The van der Waals surface area contributed by atoms with Crippen LogP contribution < -0.4 is 19.5 Å². The Morgan fingerprint density at radius 2 is 1.66 bits per heavy atom. The Balaban J connectivity index is 1.68. The van der Waals surface area contributed by atoms with Crippen LogP contribution in [0.15, 0.2) is 66.7 Å². The van der Waals surface area contributed by atoms with Crippen molar-refractivity contribution in [3.05, 3.63) is 89.0 Å². The van der Waals surface area contributed by atoms with E-state index in [1.165, 1.54) is 5.56 Å². The fourth-order valence-corrected chi connectivity index (χ4v) is 2.88. The minimum atomic E-state index is -0.143. The van der Waals surface area contributed by atoms with E-state index >= 15 is 0 Å². The minimum absolute atomic E-state index is 0.143. The van der Waals surface area contributed by atoms with Crippen LogP contribution in [0.2, 0.25) is 0 Å². The first-order valence-corrected chi connectivity index (χ1v) is 9.36. The molecular formula is C24H25NO4. The van der Waals surface area contributed by atoms with Gasteiger partial charge in [0.05, 0.1) is 14.2 Å². The van der Waals surface area contributed by atoms with Crippen LogP contribution in [-0.4, -0.2) is 20.1 Å². The van der Waals surface area contributed by atoms with Crippen LogP contribution in [-0.2, 0) is 13.2 Å². The van der Waals surface area contributed by atoms with Crippen molar-refractivity contribution in [1.82, 2.24) is 5.32 Å². The predicted molar refractivity (Wildman–Crippen MR) is 113 cm³/mol. The zero-order valence-electron chi connectivity index (χ0n) is 16.9. The second-order valence-electron chi connectivity index (χ2n) is 6.66. The minimum Gasteiger partial charge on any atom is -0.497 e. The fraction of sp³-hybridized carbons (Fsp3) is 0.208. The van der Waals surface area contributed by atoms with Crippen LogP contribution in [0.4, 0.5) is 0 Å². The third kappa shape index (κ3) is 5.51. The van der Waals surface area contributed by atoms with Crippen LogP contribution in [0.1, 0.15) is 27.0 Å². The zero-order chi connectivity index (χ0) is 20.6. The lowest BCUT2D eigenvalue weighted by Gasteiger charge is -2.13. The third-order valence-corrected chi connectivity index (χ3v) is 4.55. The molecule has 29 heavy (non-hydrogen) atoms. The Morgan fingerprint density at radius 3 is 2.38 bits per heavy atom. The molecule has 0 aromatic heterocycles. The van der Waals surface area contributed by atoms with Gasteiger partial charge in [0.2, 0.25) is 0 Å². The number of ether oxygens (including phenoxy) is 3. The Bertz CT molecular complexity index is 967. The molecule has 0 saturated heterocycles. The fourth-order valence-electron chi connectivity index (χ4n) is 2.88. The molecule has 0 bridgehead atoms. The molecule has 150 valence electrons. The molecular weight excluding hydrogens is 366 g/mol. The Labute approximate surface area is 171 Å². The average molecular weight is 391 g/mol. The van der Waals surface area contributed by atoms with Gasteiger partial charge in [0.25, 0.3) is 5.91 Å². The first-order chi connectivity index (χ1) is 14.1. The number of aryl methyl sites for hydroxylation is 1. The molecule has 0 aliphatic carbocycles. The number of rotatable bonds is 8. The Morgan fingerprint density at radius 1 is 0.897 bits per heavy atom. The molecule has 1 amide bonds. The molecule has 0 aliphatic heterocycles. The maximum absolute atomic E-state index is 12.6. The van der Waals surface area contributed by atoms with Crippen molar-refractivity contribution in [2.24, 2.45) is 0 Å². The summed E-state index contributed by atoms with van der Waals surface area (Å²) in [7, 11) is 3.21. The number of methoxy groups -OCH3 is 2. The van der Waals surface area contributed by atoms with Gasteiger partial charge in [-0.25, -0.2) is 0 Å². The van der Waals surface area contributed by atoms with Gasteiger partial charge < -0.3 is 19.5 Å². The number of hydrogen-bond acceptors (Lipinski definition) is 4. The highest BCUT2D eigenvalue weighted by atomic mass is 16.5. The van der Waals surface area contributed by atoms with Gasteiger partial charge in [-0.2, -0.15) is 0 Å². The van der Waals surface area contributed by atoms with E-state index in [1.54, 1.807) is 32.4 Å². The summed E-state index contributed by atoms with van der Waals surface area (Å²) in [6.45, 7) is 2.78. The van der Waals surface area contributed by atoms with E-state index in [9.17, 15) is 4.79 Å². The van der Waals surface area contributed by atoms with Crippen LogP contribution in [0.5, 0.6) is 17.2 Å². The monoisotopic (exact) mass is 391 g/mol. The summed E-state index contributed by atoms with van der Waals surface area (Å²) in [5.41, 5.74) is 3.59. The highest BCUT2D eigenvalue weighted by Crippen LogP contribution is 2.24. The largest absolute Gasteiger partial charge is 0.497 e. The van der Waals surface area contributed by atoms with Crippen LogP contribution >= 0.6 is 0 Å². The van der Waals surface area contributed by atoms with Crippen LogP contribution in [0.25, 0.3) is 0 Å². The number of benzene rings is 3. The first kappa shape index (κ1) is 20.3. The lowest BCUT2D eigenvalue weighted by atomic mass is 10.1. The second kappa shape index (κ2) is 9.64. The Kier molecular flexibility index (Phi) is 6.74. The number of carbonyl (C=O) groups excluding carboxylic acids is 1. The first-order valence-electron chi connectivity index (χ1n) is 9.36. The maximum Gasteiger partial charge on any atom is 0.251 e. The summed E-state index contributed by atoms with van der Waals surface area (Å²) < 4.78 is 16.5. The molecule has 0 radical (unpaired) electrons. The van der Waals surface area contributed by atoms with E-state index < -0.39 is 0 Å². The van der Waals surface area contributed by atoms with Gasteiger partial charge in [0.1, 0.15) is 23.9 Å². The highest BCUT2D eigenvalue weighted by Gasteiger charge is 2.11. The quantitative estimate of drug-likeness (QED) is 0.613. The summed E-state index contributed by atoms with van der Waals surface area (Å²) >= 11 is 0. The smallest absolute Gasteiger partial charge is 0.251 e. The summed E-state index contributed by atoms with van der Waals surface area (Å²) in [6, 6.07) is 20.8. The zero-order valence-corrected chi connectivity index (χ0v) is 16.9. The Hall–Kier alpha value is -3.47. The lowest BCUT2D eigenvalue weighted by Crippen LogP contribution is -2.23. The second-order valence-corrected chi connectivity index (χ2v) is 6.66.